The number of para-hydroxylation sites is 1. The van der Waals surface area contributed by atoms with Crippen molar-refractivity contribution in [2.45, 2.75) is 33.2 Å². The van der Waals surface area contributed by atoms with Gasteiger partial charge in [-0.2, -0.15) is 0 Å². The minimum Gasteiger partial charge on any atom is -0.507 e. The fourth-order valence-corrected chi connectivity index (χ4v) is 2.79. The summed E-state index contributed by atoms with van der Waals surface area (Å²) in [6, 6.07) is 5.93. The number of phenols is 1. The van der Waals surface area contributed by atoms with Crippen LogP contribution in [0.2, 0.25) is 0 Å². The molecule has 1 atom stereocenters. The number of phenolic OH excluding ortho intramolecular Hbond substituents is 1. The molecule has 1 unspecified atom stereocenters. The van der Waals surface area contributed by atoms with Crippen LogP contribution in [0.3, 0.4) is 0 Å². The Bertz CT molecular complexity index is 400. The first kappa shape index (κ1) is 14.4. The van der Waals surface area contributed by atoms with Crippen LogP contribution in [0.25, 0.3) is 0 Å². The zero-order valence-electron chi connectivity index (χ0n) is 12.2. The van der Waals surface area contributed by atoms with Crippen molar-refractivity contribution < 1.29 is 5.11 Å². The first-order valence-electron chi connectivity index (χ1n) is 7.37. The van der Waals surface area contributed by atoms with Crippen LogP contribution < -0.4 is 5.32 Å². The van der Waals surface area contributed by atoms with Gasteiger partial charge in [-0.05, 0) is 50.9 Å². The lowest BCUT2D eigenvalue weighted by atomic mass is 10.1. The third kappa shape index (κ3) is 4.22. The number of benzene rings is 1. The average molecular weight is 262 g/mol. The quantitative estimate of drug-likeness (QED) is 0.827. The summed E-state index contributed by atoms with van der Waals surface area (Å²) in [5, 5.41) is 13.4. The molecular formula is C16H26N2O. The van der Waals surface area contributed by atoms with Crippen molar-refractivity contribution >= 4 is 0 Å². The van der Waals surface area contributed by atoms with E-state index in [1.807, 2.05) is 25.1 Å². The summed E-state index contributed by atoms with van der Waals surface area (Å²) < 4.78 is 0. The fraction of sp³-hybridized carbons (Fsp3) is 0.625. The molecule has 3 nitrogen and oxygen atoms in total. The van der Waals surface area contributed by atoms with Crippen molar-refractivity contribution in [2.75, 3.05) is 26.2 Å². The molecule has 0 amide bonds. The maximum atomic E-state index is 9.94. The molecule has 0 aromatic heterocycles. The van der Waals surface area contributed by atoms with E-state index in [9.17, 15) is 5.11 Å². The zero-order valence-corrected chi connectivity index (χ0v) is 12.2. The molecule has 1 aromatic rings. The van der Waals surface area contributed by atoms with Gasteiger partial charge in [0.1, 0.15) is 5.75 Å². The van der Waals surface area contributed by atoms with Gasteiger partial charge in [0.2, 0.25) is 0 Å². The van der Waals surface area contributed by atoms with Crippen LogP contribution >= 0.6 is 0 Å². The first-order chi connectivity index (χ1) is 9.16. The van der Waals surface area contributed by atoms with Crippen LogP contribution in [0, 0.1) is 12.8 Å². The van der Waals surface area contributed by atoms with Crippen LogP contribution in [-0.4, -0.2) is 36.2 Å². The SMILES string of the molecule is Cc1cccc(CNCC(C)CN2CCCC2)c1O. The number of nitrogens with one attached hydrogen (secondary N) is 1. The summed E-state index contributed by atoms with van der Waals surface area (Å²) >= 11 is 0. The van der Waals surface area contributed by atoms with Crippen molar-refractivity contribution in [1.82, 2.24) is 10.2 Å². The minimum atomic E-state index is 0.433. The molecule has 1 aliphatic heterocycles. The molecule has 1 aromatic carbocycles. The Morgan fingerprint density at radius 3 is 2.79 bits per heavy atom. The Morgan fingerprint density at radius 1 is 1.32 bits per heavy atom. The summed E-state index contributed by atoms with van der Waals surface area (Å²) in [5.74, 6) is 1.09. The lowest BCUT2D eigenvalue weighted by Crippen LogP contribution is -2.31. The summed E-state index contributed by atoms with van der Waals surface area (Å²) in [4.78, 5) is 2.55. The van der Waals surface area contributed by atoms with E-state index in [1.165, 1.54) is 32.5 Å². The van der Waals surface area contributed by atoms with Crippen LogP contribution in [0.15, 0.2) is 18.2 Å². The highest BCUT2D eigenvalue weighted by Gasteiger charge is 2.14. The van der Waals surface area contributed by atoms with Crippen LogP contribution in [0.1, 0.15) is 30.9 Å². The summed E-state index contributed by atoms with van der Waals surface area (Å²) in [5.41, 5.74) is 1.94. The number of hydrogen-bond acceptors (Lipinski definition) is 3. The van der Waals surface area contributed by atoms with E-state index in [0.717, 1.165) is 24.2 Å². The van der Waals surface area contributed by atoms with Gasteiger partial charge in [0.15, 0.2) is 0 Å². The van der Waals surface area contributed by atoms with Crippen LogP contribution in [-0.2, 0) is 6.54 Å². The molecule has 2 N–H and O–H groups in total. The van der Waals surface area contributed by atoms with Crippen molar-refractivity contribution in [1.29, 1.82) is 0 Å². The van der Waals surface area contributed by atoms with E-state index in [-0.39, 0.29) is 0 Å². The van der Waals surface area contributed by atoms with E-state index < -0.39 is 0 Å². The van der Waals surface area contributed by atoms with Gasteiger partial charge >= 0.3 is 0 Å². The van der Waals surface area contributed by atoms with Gasteiger partial charge in [0.05, 0.1) is 0 Å². The molecule has 1 heterocycles. The van der Waals surface area contributed by atoms with E-state index in [2.05, 4.69) is 17.1 Å². The van der Waals surface area contributed by atoms with Crippen molar-refractivity contribution in [2.24, 2.45) is 5.92 Å². The predicted octanol–water partition coefficient (Wildman–Crippen LogP) is 2.52. The lowest BCUT2D eigenvalue weighted by molar-refractivity contribution is 0.282. The Morgan fingerprint density at radius 2 is 2.05 bits per heavy atom. The van der Waals surface area contributed by atoms with Gasteiger partial charge in [-0.3, -0.25) is 0 Å². The largest absolute Gasteiger partial charge is 0.507 e. The minimum absolute atomic E-state index is 0.433. The Hall–Kier alpha value is -1.06. The number of hydrogen-bond donors (Lipinski definition) is 2. The van der Waals surface area contributed by atoms with Crippen molar-refractivity contribution in [3.8, 4) is 5.75 Å². The van der Waals surface area contributed by atoms with E-state index in [4.69, 9.17) is 0 Å². The monoisotopic (exact) mass is 262 g/mol. The average Bonchev–Trinajstić information content (AvgIpc) is 2.87. The van der Waals surface area contributed by atoms with E-state index in [1.54, 1.807) is 0 Å². The fourth-order valence-electron chi connectivity index (χ4n) is 2.79. The van der Waals surface area contributed by atoms with Gasteiger partial charge < -0.3 is 15.3 Å². The van der Waals surface area contributed by atoms with Gasteiger partial charge in [-0.25, -0.2) is 0 Å². The number of rotatable bonds is 6. The van der Waals surface area contributed by atoms with Crippen molar-refractivity contribution in [3.05, 3.63) is 29.3 Å². The summed E-state index contributed by atoms with van der Waals surface area (Å²) in [7, 11) is 0. The van der Waals surface area contributed by atoms with Gasteiger partial charge in [-0.15, -0.1) is 0 Å². The molecule has 0 spiro atoms. The topological polar surface area (TPSA) is 35.5 Å². The molecule has 1 aliphatic rings. The van der Waals surface area contributed by atoms with Crippen molar-refractivity contribution in [3.63, 3.8) is 0 Å². The number of likely N-dealkylation sites (tertiary alicyclic amines) is 1. The van der Waals surface area contributed by atoms with E-state index >= 15 is 0 Å². The molecule has 3 heteroatoms. The maximum Gasteiger partial charge on any atom is 0.122 e. The van der Waals surface area contributed by atoms with Crippen LogP contribution in [0.4, 0.5) is 0 Å². The standard InChI is InChI=1S/C16H26N2O/c1-13(12-18-8-3-4-9-18)10-17-11-15-7-5-6-14(2)16(15)19/h5-7,13,17,19H,3-4,8-12H2,1-2H3. The highest BCUT2D eigenvalue weighted by Crippen LogP contribution is 2.21. The van der Waals surface area contributed by atoms with Gasteiger partial charge in [-0.1, -0.05) is 25.1 Å². The third-order valence-corrected chi connectivity index (χ3v) is 3.90. The van der Waals surface area contributed by atoms with Gasteiger partial charge in [0, 0.05) is 18.7 Å². The number of aryl methyl sites for hydroxylation is 1. The zero-order chi connectivity index (χ0) is 13.7. The summed E-state index contributed by atoms with van der Waals surface area (Å²) in [6.07, 6.45) is 2.72. The first-order valence-corrected chi connectivity index (χ1v) is 7.37. The van der Waals surface area contributed by atoms with E-state index in [0.29, 0.717) is 11.7 Å². The molecule has 0 saturated carbocycles. The second kappa shape index (κ2) is 6.92. The number of nitrogens with zero attached hydrogens (tertiary/aromatic N) is 1. The molecule has 0 aliphatic carbocycles. The second-order valence-corrected chi connectivity index (χ2v) is 5.83. The molecule has 0 radical (unpaired) electrons. The Balaban J connectivity index is 1.72. The Kier molecular flexibility index (Phi) is 5.23. The molecule has 106 valence electrons. The molecule has 1 fully saturated rings. The second-order valence-electron chi connectivity index (χ2n) is 5.83. The molecule has 0 bridgehead atoms. The smallest absolute Gasteiger partial charge is 0.122 e. The lowest BCUT2D eigenvalue weighted by Gasteiger charge is -2.20. The maximum absolute atomic E-state index is 9.94. The van der Waals surface area contributed by atoms with Gasteiger partial charge in [0.25, 0.3) is 0 Å². The third-order valence-electron chi connectivity index (χ3n) is 3.90. The Labute approximate surface area is 116 Å². The predicted molar refractivity (Wildman–Crippen MR) is 79.4 cm³/mol. The van der Waals surface area contributed by atoms with Crippen LogP contribution in [0.5, 0.6) is 5.75 Å². The molecule has 2 rings (SSSR count). The highest BCUT2D eigenvalue weighted by molar-refractivity contribution is 5.39. The molecule has 19 heavy (non-hydrogen) atoms. The molecular weight excluding hydrogens is 236 g/mol. The summed E-state index contributed by atoms with van der Waals surface area (Å²) in [6.45, 7) is 9.71. The molecule has 1 saturated heterocycles. The highest BCUT2D eigenvalue weighted by atomic mass is 16.3. The number of aromatic hydroxyl groups is 1. The normalized spacial score (nSPS) is 17.8.